The third-order valence-corrected chi connectivity index (χ3v) is 2.34. The Bertz CT molecular complexity index is 292. The summed E-state index contributed by atoms with van der Waals surface area (Å²) in [4.78, 5) is 2.18. The van der Waals surface area contributed by atoms with Crippen LogP contribution in [0.5, 0.6) is 0 Å². The van der Waals surface area contributed by atoms with Gasteiger partial charge in [-0.25, -0.2) is 0 Å². The van der Waals surface area contributed by atoms with Gasteiger partial charge in [0.05, 0.1) is 11.4 Å². The van der Waals surface area contributed by atoms with E-state index in [0.717, 1.165) is 11.4 Å². The van der Waals surface area contributed by atoms with E-state index < -0.39 is 0 Å². The summed E-state index contributed by atoms with van der Waals surface area (Å²) < 4.78 is 0. The van der Waals surface area contributed by atoms with Crippen molar-refractivity contribution >= 4 is 11.4 Å². The molecule has 72 valence electrons. The van der Waals surface area contributed by atoms with E-state index in [9.17, 15) is 0 Å². The lowest BCUT2D eigenvalue weighted by atomic mass is 10.1. The Labute approximate surface area is 80.4 Å². The Hall–Kier alpha value is -1.18. The zero-order valence-electron chi connectivity index (χ0n) is 8.83. The van der Waals surface area contributed by atoms with Gasteiger partial charge in [-0.2, -0.15) is 0 Å². The molecule has 0 amide bonds. The number of anilines is 2. The molecule has 0 aliphatic rings. The summed E-state index contributed by atoms with van der Waals surface area (Å²) in [5.74, 6) is 0. The molecule has 0 bridgehead atoms. The van der Waals surface area contributed by atoms with Gasteiger partial charge in [0.25, 0.3) is 0 Å². The molecular weight excluding hydrogens is 160 g/mol. The predicted octanol–water partition coefficient (Wildman–Crippen LogP) is 2.42. The number of benzene rings is 1. The van der Waals surface area contributed by atoms with Crippen LogP contribution in [0, 0.1) is 6.92 Å². The summed E-state index contributed by atoms with van der Waals surface area (Å²) in [6, 6.07) is 6.59. The summed E-state index contributed by atoms with van der Waals surface area (Å²) in [6.45, 7) is 6.39. The molecule has 0 aliphatic heterocycles. The highest BCUT2D eigenvalue weighted by molar-refractivity contribution is 5.68. The van der Waals surface area contributed by atoms with Crippen LogP contribution in [0.3, 0.4) is 0 Å². The van der Waals surface area contributed by atoms with E-state index in [0.29, 0.717) is 6.04 Å². The molecule has 0 saturated heterocycles. The molecule has 0 spiro atoms. The van der Waals surface area contributed by atoms with E-state index in [-0.39, 0.29) is 0 Å². The van der Waals surface area contributed by atoms with E-state index in [2.05, 4.69) is 38.8 Å². The molecule has 2 heteroatoms. The second-order valence-corrected chi connectivity index (χ2v) is 3.77. The third-order valence-electron chi connectivity index (χ3n) is 2.34. The van der Waals surface area contributed by atoms with Crippen molar-refractivity contribution in [1.29, 1.82) is 0 Å². The largest absolute Gasteiger partial charge is 0.397 e. The molecule has 0 aromatic heterocycles. The van der Waals surface area contributed by atoms with Gasteiger partial charge in [-0.3, -0.25) is 0 Å². The quantitative estimate of drug-likeness (QED) is 0.705. The zero-order valence-corrected chi connectivity index (χ0v) is 8.83. The van der Waals surface area contributed by atoms with Gasteiger partial charge in [-0.05, 0) is 38.5 Å². The molecule has 1 aromatic carbocycles. The lowest BCUT2D eigenvalue weighted by Gasteiger charge is -2.25. The normalized spacial score (nSPS) is 10.5. The van der Waals surface area contributed by atoms with Crippen LogP contribution in [0.4, 0.5) is 11.4 Å². The highest BCUT2D eigenvalue weighted by atomic mass is 15.1. The minimum absolute atomic E-state index is 0.476. The lowest BCUT2D eigenvalue weighted by Crippen LogP contribution is -2.26. The predicted molar refractivity (Wildman–Crippen MR) is 59.1 cm³/mol. The van der Waals surface area contributed by atoms with Crippen LogP contribution < -0.4 is 10.6 Å². The van der Waals surface area contributed by atoms with Crippen LogP contribution in [-0.2, 0) is 0 Å². The Morgan fingerprint density at radius 3 is 2.46 bits per heavy atom. The average Bonchev–Trinajstić information content (AvgIpc) is 2.08. The van der Waals surface area contributed by atoms with E-state index in [1.807, 2.05) is 12.1 Å². The van der Waals surface area contributed by atoms with Gasteiger partial charge in [0.2, 0.25) is 0 Å². The molecule has 0 heterocycles. The molecule has 13 heavy (non-hydrogen) atoms. The molecule has 0 atom stereocenters. The first-order valence-corrected chi connectivity index (χ1v) is 4.61. The topological polar surface area (TPSA) is 29.3 Å². The van der Waals surface area contributed by atoms with Gasteiger partial charge >= 0.3 is 0 Å². The third kappa shape index (κ3) is 2.14. The number of hydrogen-bond donors (Lipinski definition) is 1. The second-order valence-electron chi connectivity index (χ2n) is 3.77. The molecular formula is C11H18N2. The van der Waals surface area contributed by atoms with Crippen LogP contribution >= 0.6 is 0 Å². The molecule has 0 radical (unpaired) electrons. The summed E-state index contributed by atoms with van der Waals surface area (Å²) in [7, 11) is 2.07. The number of nitrogens with zero attached hydrogens (tertiary/aromatic N) is 1. The number of hydrogen-bond acceptors (Lipinski definition) is 2. The van der Waals surface area contributed by atoms with E-state index in [1.54, 1.807) is 0 Å². The first-order chi connectivity index (χ1) is 6.02. The molecule has 2 nitrogen and oxygen atoms in total. The standard InChI is InChI=1S/C11H18N2/c1-8(2)13(4)11-7-9(3)5-6-10(11)12/h5-8H,12H2,1-4H3. The minimum Gasteiger partial charge on any atom is -0.397 e. The molecule has 0 saturated carbocycles. The van der Waals surface area contributed by atoms with Crippen molar-refractivity contribution in [2.75, 3.05) is 17.7 Å². The van der Waals surface area contributed by atoms with Gasteiger partial charge in [0.1, 0.15) is 0 Å². The van der Waals surface area contributed by atoms with Gasteiger partial charge < -0.3 is 10.6 Å². The van der Waals surface area contributed by atoms with Crippen LogP contribution in [0.25, 0.3) is 0 Å². The number of rotatable bonds is 2. The van der Waals surface area contributed by atoms with Crippen molar-refractivity contribution in [3.63, 3.8) is 0 Å². The minimum atomic E-state index is 0.476. The number of aryl methyl sites for hydroxylation is 1. The van der Waals surface area contributed by atoms with Crippen LogP contribution in [0.15, 0.2) is 18.2 Å². The van der Waals surface area contributed by atoms with Crippen molar-refractivity contribution in [2.24, 2.45) is 0 Å². The monoisotopic (exact) mass is 178 g/mol. The molecule has 0 unspecified atom stereocenters. The first kappa shape index (κ1) is 9.90. The van der Waals surface area contributed by atoms with E-state index >= 15 is 0 Å². The highest BCUT2D eigenvalue weighted by Crippen LogP contribution is 2.24. The first-order valence-electron chi connectivity index (χ1n) is 4.61. The Balaban J connectivity index is 3.05. The Morgan fingerprint density at radius 1 is 1.31 bits per heavy atom. The number of nitrogen functional groups attached to an aromatic ring is 1. The van der Waals surface area contributed by atoms with Crippen LogP contribution in [0.1, 0.15) is 19.4 Å². The van der Waals surface area contributed by atoms with Crippen molar-refractivity contribution in [3.8, 4) is 0 Å². The zero-order chi connectivity index (χ0) is 10.0. The number of nitrogens with two attached hydrogens (primary N) is 1. The maximum Gasteiger partial charge on any atom is 0.0602 e. The van der Waals surface area contributed by atoms with Gasteiger partial charge in [-0.15, -0.1) is 0 Å². The van der Waals surface area contributed by atoms with Crippen molar-refractivity contribution in [2.45, 2.75) is 26.8 Å². The average molecular weight is 178 g/mol. The van der Waals surface area contributed by atoms with Gasteiger partial charge in [0, 0.05) is 13.1 Å². The second kappa shape index (κ2) is 3.69. The molecule has 0 fully saturated rings. The van der Waals surface area contributed by atoms with Crippen molar-refractivity contribution < 1.29 is 0 Å². The Kier molecular flexibility index (Phi) is 2.81. The molecule has 1 aromatic rings. The van der Waals surface area contributed by atoms with Crippen molar-refractivity contribution in [1.82, 2.24) is 0 Å². The smallest absolute Gasteiger partial charge is 0.0602 e. The van der Waals surface area contributed by atoms with E-state index in [4.69, 9.17) is 5.73 Å². The summed E-state index contributed by atoms with van der Waals surface area (Å²) >= 11 is 0. The molecule has 2 N–H and O–H groups in total. The van der Waals surface area contributed by atoms with Crippen molar-refractivity contribution in [3.05, 3.63) is 23.8 Å². The van der Waals surface area contributed by atoms with Crippen LogP contribution in [0.2, 0.25) is 0 Å². The maximum absolute atomic E-state index is 5.89. The summed E-state index contributed by atoms with van der Waals surface area (Å²) in [5, 5.41) is 0. The Morgan fingerprint density at radius 2 is 1.92 bits per heavy atom. The fourth-order valence-corrected chi connectivity index (χ4v) is 1.24. The SMILES string of the molecule is Cc1ccc(N)c(N(C)C(C)C)c1. The fourth-order valence-electron chi connectivity index (χ4n) is 1.24. The lowest BCUT2D eigenvalue weighted by molar-refractivity contribution is 0.755. The van der Waals surface area contributed by atoms with Gasteiger partial charge in [-0.1, -0.05) is 6.07 Å². The fraction of sp³-hybridized carbons (Fsp3) is 0.455. The summed E-state index contributed by atoms with van der Waals surface area (Å²) in [6.07, 6.45) is 0. The van der Waals surface area contributed by atoms with Gasteiger partial charge in [0.15, 0.2) is 0 Å². The molecule has 1 rings (SSSR count). The maximum atomic E-state index is 5.89. The van der Waals surface area contributed by atoms with E-state index in [1.165, 1.54) is 5.56 Å². The molecule has 0 aliphatic carbocycles. The van der Waals surface area contributed by atoms with Crippen LogP contribution in [-0.4, -0.2) is 13.1 Å². The highest BCUT2D eigenvalue weighted by Gasteiger charge is 2.07. The summed E-state index contributed by atoms with van der Waals surface area (Å²) in [5.41, 5.74) is 9.10.